The van der Waals surface area contributed by atoms with Gasteiger partial charge in [-0.1, -0.05) is 23.7 Å². The first-order valence-electron chi connectivity index (χ1n) is 7.36. The van der Waals surface area contributed by atoms with Crippen molar-refractivity contribution in [3.63, 3.8) is 0 Å². The highest BCUT2D eigenvalue weighted by Crippen LogP contribution is 2.26. The van der Waals surface area contributed by atoms with Gasteiger partial charge in [-0.2, -0.15) is 0 Å². The van der Waals surface area contributed by atoms with Crippen LogP contribution in [0.5, 0.6) is 5.75 Å². The average Bonchev–Trinajstić information content (AvgIpc) is 3.33. The Morgan fingerprint density at radius 1 is 0.920 bits per heavy atom. The highest BCUT2D eigenvalue weighted by molar-refractivity contribution is 6.33. The monoisotopic (exact) mass is 354 g/mol. The first-order chi connectivity index (χ1) is 12.3. The van der Waals surface area contributed by atoms with E-state index in [0.29, 0.717) is 34.0 Å². The molecule has 4 rings (SSSR count). The third-order valence-electron chi connectivity index (χ3n) is 3.39. The smallest absolute Gasteiger partial charge is 0.254 e. The van der Waals surface area contributed by atoms with E-state index >= 15 is 0 Å². The van der Waals surface area contributed by atoms with Crippen molar-refractivity contribution in [3.05, 3.63) is 65.8 Å². The third-order valence-corrected chi connectivity index (χ3v) is 3.72. The molecule has 2 aromatic heterocycles. The van der Waals surface area contributed by atoms with E-state index in [1.54, 1.807) is 18.2 Å². The second kappa shape index (κ2) is 6.74. The highest BCUT2D eigenvalue weighted by atomic mass is 35.5. The number of ether oxygens (including phenoxy) is 1. The maximum absolute atomic E-state index is 6.12. The van der Waals surface area contributed by atoms with Gasteiger partial charge in [0.15, 0.2) is 6.61 Å². The molecule has 2 aromatic carbocycles. The van der Waals surface area contributed by atoms with Crippen molar-refractivity contribution in [3.8, 4) is 28.7 Å². The van der Waals surface area contributed by atoms with Gasteiger partial charge in [-0.15, -0.1) is 20.4 Å². The molecule has 0 fully saturated rings. The molecular weight excluding hydrogens is 344 g/mol. The Morgan fingerprint density at radius 3 is 2.52 bits per heavy atom. The van der Waals surface area contributed by atoms with Crippen molar-refractivity contribution in [1.29, 1.82) is 0 Å². The van der Waals surface area contributed by atoms with Crippen LogP contribution >= 0.6 is 11.6 Å². The number of aromatic nitrogens is 4. The largest absolute Gasteiger partial charge is 0.484 e. The van der Waals surface area contributed by atoms with E-state index in [4.69, 9.17) is 25.2 Å². The van der Waals surface area contributed by atoms with E-state index in [-0.39, 0.29) is 6.61 Å². The Hall–Kier alpha value is -3.19. The Morgan fingerprint density at radius 2 is 1.76 bits per heavy atom. The highest BCUT2D eigenvalue weighted by Gasteiger charge is 2.12. The predicted octanol–water partition coefficient (Wildman–Crippen LogP) is 4.02. The molecule has 0 radical (unpaired) electrons. The van der Waals surface area contributed by atoms with E-state index < -0.39 is 0 Å². The molecule has 25 heavy (non-hydrogen) atoms. The summed E-state index contributed by atoms with van der Waals surface area (Å²) in [4.78, 5) is 0. The van der Waals surface area contributed by atoms with Gasteiger partial charge in [0.1, 0.15) is 5.75 Å². The van der Waals surface area contributed by atoms with Gasteiger partial charge in [-0.05, 0) is 36.4 Å². The summed E-state index contributed by atoms with van der Waals surface area (Å²) < 4.78 is 16.4. The van der Waals surface area contributed by atoms with Gasteiger partial charge in [0.25, 0.3) is 5.89 Å². The fourth-order valence-corrected chi connectivity index (χ4v) is 2.41. The molecule has 0 saturated carbocycles. The first kappa shape index (κ1) is 15.3. The quantitative estimate of drug-likeness (QED) is 0.534. The molecule has 7 nitrogen and oxygen atoms in total. The standard InChI is InChI=1S/C17H11ClN4O3/c18-14-4-2-1-3-13(14)17-22-20-15(25-17)9-23-12-7-5-11(6-8-12)16-21-19-10-24-16/h1-8,10H,9H2. The zero-order valence-electron chi connectivity index (χ0n) is 12.8. The van der Waals surface area contributed by atoms with E-state index in [1.165, 1.54) is 6.39 Å². The average molecular weight is 355 g/mol. The minimum Gasteiger partial charge on any atom is -0.484 e. The fraction of sp³-hybridized carbons (Fsp3) is 0.0588. The van der Waals surface area contributed by atoms with Crippen LogP contribution in [0.2, 0.25) is 5.02 Å². The molecule has 0 aliphatic rings. The lowest BCUT2D eigenvalue weighted by Crippen LogP contribution is -1.95. The lowest BCUT2D eigenvalue weighted by atomic mass is 10.2. The van der Waals surface area contributed by atoms with E-state index in [9.17, 15) is 0 Å². The zero-order chi connectivity index (χ0) is 17.1. The summed E-state index contributed by atoms with van der Waals surface area (Å²) in [7, 11) is 0. The molecule has 4 aromatic rings. The van der Waals surface area contributed by atoms with Crippen molar-refractivity contribution >= 4 is 11.6 Å². The number of nitrogens with zero attached hydrogens (tertiary/aromatic N) is 4. The van der Waals surface area contributed by atoms with Crippen LogP contribution < -0.4 is 4.74 Å². The number of halogens is 1. The van der Waals surface area contributed by atoms with Crippen molar-refractivity contribution in [2.24, 2.45) is 0 Å². The van der Waals surface area contributed by atoms with Crippen LogP contribution in [0.1, 0.15) is 5.89 Å². The molecule has 0 atom stereocenters. The van der Waals surface area contributed by atoms with Gasteiger partial charge < -0.3 is 13.6 Å². The van der Waals surface area contributed by atoms with Crippen molar-refractivity contribution in [2.45, 2.75) is 6.61 Å². The summed E-state index contributed by atoms with van der Waals surface area (Å²) >= 11 is 6.12. The molecule has 0 aliphatic heterocycles. The van der Waals surface area contributed by atoms with Crippen molar-refractivity contribution < 1.29 is 13.6 Å². The summed E-state index contributed by atoms with van der Waals surface area (Å²) in [5.74, 6) is 1.82. The van der Waals surface area contributed by atoms with Gasteiger partial charge in [-0.3, -0.25) is 0 Å². The molecule has 0 N–H and O–H groups in total. The van der Waals surface area contributed by atoms with Crippen LogP contribution in [0.3, 0.4) is 0 Å². The van der Waals surface area contributed by atoms with Gasteiger partial charge >= 0.3 is 0 Å². The zero-order valence-corrected chi connectivity index (χ0v) is 13.6. The molecule has 0 saturated heterocycles. The minimum absolute atomic E-state index is 0.150. The van der Waals surface area contributed by atoms with Gasteiger partial charge in [0.05, 0.1) is 10.6 Å². The Balaban J connectivity index is 1.43. The Bertz CT molecular complexity index is 968. The van der Waals surface area contributed by atoms with Gasteiger partial charge in [-0.25, -0.2) is 0 Å². The number of hydrogen-bond donors (Lipinski definition) is 0. The van der Waals surface area contributed by atoms with Crippen LogP contribution in [-0.2, 0) is 6.61 Å². The Kier molecular flexibility index (Phi) is 4.14. The van der Waals surface area contributed by atoms with E-state index in [2.05, 4.69) is 20.4 Å². The topological polar surface area (TPSA) is 87.1 Å². The van der Waals surface area contributed by atoms with E-state index in [0.717, 1.165) is 5.56 Å². The van der Waals surface area contributed by atoms with Crippen LogP contribution in [0, 0.1) is 0 Å². The lowest BCUT2D eigenvalue weighted by Gasteiger charge is -2.03. The first-order valence-corrected chi connectivity index (χ1v) is 7.74. The van der Waals surface area contributed by atoms with Crippen LogP contribution in [-0.4, -0.2) is 20.4 Å². The number of hydrogen-bond acceptors (Lipinski definition) is 7. The lowest BCUT2D eigenvalue weighted by molar-refractivity contribution is 0.264. The normalized spacial score (nSPS) is 10.8. The maximum Gasteiger partial charge on any atom is 0.254 e. The minimum atomic E-state index is 0.150. The summed E-state index contributed by atoms with van der Waals surface area (Å²) in [5, 5.41) is 16.0. The fourth-order valence-electron chi connectivity index (χ4n) is 2.19. The molecular formula is C17H11ClN4O3. The molecule has 0 spiro atoms. The summed E-state index contributed by atoms with van der Waals surface area (Å²) in [6, 6.07) is 14.5. The maximum atomic E-state index is 6.12. The van der Waals surface area contributed by atoms with Crippen LogP contribution in [0.25, 0.3) is 22.9 Å². The SMILES string of the molecule is Clc1ccccc1-c1nnc(COc2ccc(-c3nnco3)cc2)o1. The summed E-state index contributed by atoms with van der Waals surface area (Å²) in [6.45, 7) is 0.150. The number of benzene rings is 2. The molecule has 2 heterocycles. The molecule has 0 aliphatic carbocycles. The van der Waals surface area contributed by atoms with E-state index in [1.807, 2.05) is 30.3 Å². The summed E-state index contributed by atoms with van der Waals surface area (Å²) in [5.41, 5.74) is 1.50. The van der Waals surface area contributed by atoms with Crippen molar-refractivity contribution in [2.75, 3.05) is 0 Å². The van der Waals surface area contributed by atoms with Crippen LogP contribution in [0.4, 0.5) is 0 Å². The molecule has 8 heteroatoms. The number of rotatable bonds is 5. The van der Waals surface area contributed by atoms with Crippen molar-refractivity contribution in [1.82, 2.24) is 20.4 Å². The Labute approximate surface area is 147 Å². The molecule has 124 valence electrons. The molecule has 0 amide bonds. The van der Waals surface area contributed by atoms with Crippen LogP contribution in [0.15, 0.2) is 63.8 Å². The third kappa shape index (κ3) is 3.36. The second-order valence-corrected chi connectivity index (χ2v) is 5.44. The van der Waals surface area contributed by atoms with Gasteiger partial charge in [0, 0.05) is 5.56 Å². The summed E-state index contributed by atoms with van der Waals surface area (Å²) in [6.07, 6.45) is 1.28. The molecule has 0 bridgehead atoms. The predicted molar refractivity (Wildman–Crippen MR) is 88.8 cm³/mol. The second-order valence-electron chi connectivity index (χ2n) is 5.04. The molecule has 0 unspecified atom stereocenters. The van der Waals surface area contributed by atoms with Gasteiger partial charge in [0.2, 0.25) is 18.2 Å².